The van der Waals surface area contributed by atoms with Crippen molar-refractivity contribution < 1.29 is 9.53 Å². The lowest BCUT2D eigenvalue weighted by atomic mass is 9.92. The second-order valence-corrected chi connectivity index (χ2v) is 8.32. The highest BCUT2D eigenvalue weighted by molar-refractivity contribution is 9.10. The topological polar surface area (TPSA) is 53.9 Å². The van der Waals surface area contributed by atoms with Crippen molar-refractivity contribution in [2.24, 2.45) is 5.10 Å². The minimum Gasteiger partial charge on any atom is -0.453 e. The van der Waals surface area contributed by atoms with Crippen LogP contribution in [0.4, 0.5) is 5.69 Å². The van der Waals surface area contributed by atoms with Gasteiger partial charge in [0.15, 0.2) is 0 Å². The fourth-order valence-electron chi connectivity index (χ4n) is 4.46. The van der Waals surface area contributed by atoms with Gasteiger partial charge >= 0.3 is 5.72 Å². The second kappa shape index (κ2) is 5.94. The summed E-state index contributed by atoms with van der Waals surface area (Å²) < 4.78 is 7.46. The number of hydrazone groups is 1. The van der Waals surface area contributed by atoms with E-state index in [4.69, 9.17) is 9.84 Å². The number of hydrogen-bond donors (Lipinski definition) is 1. The van der Waals surface area contributed by atoms with Crippen LogP contribution in [0.15, 0.2) is 82.4 Å². The van der Waals surface area contributed by atoms with Gasteiger partial charge in [-0.05, 0) is 29.8 Å². The van der Waals surface area contributed by atoms with Crippen molar-refractivity contribution in [2.45, 2.75) is 18.2 Å². The van der Waals surface area contributed by atoms with Crippen molar-refractivity contribution in [2.75, 3.05) is 5.32 Å². The van der Waals surface area contributed by atoms with Crippen LogP contribution in [0.25, 0.3) is 0 Å². The minimum atomic E-state index is -1.30. The number of anilines is 1. The Morgan fingerprint density at radius 1 is 1.03 bits per heavy atom. The first-order valence-electron chi connectivity index (χ1n) is 9.48. The van der Waals surface area contributed by atoms with Gasteiger partial charge in [-0.2, -0.15) is 5.10 Å². The maximum absolute atomic E-state index is 13.3. The fourth-order valence-corrected chi connectivity index (χ4v) is 4.72. The molecule has 3 aliphatic heterocycles. The largest absolute Gasteiger partial charge is 0.453 e. The highest BCUT2D eigenvalue weighted by Crippen LogP contribution is 2.53. The summed E-state index contributed by atoms with van der Waals surface area (Å²) in [4.78, 5) is 13.3. The van der Waals surface area contributed by atoms with Gasteiger partial charge < -0.3 is 10.1 Å². The molecule has 6 heteroatoms. The Morgan fingerprint density at radius 2 is 1.79 bits per heavy atom. The Bertz CT molecular complexity index is 1190. The van der Waals surface area contributed by atoms with E-state index in [1.807, 2.05) is 71.7 Å². The van der Waals surface area contributed by atoms with E-state index >= 15 is 0 Å². The van der Waals surface area contributed by atoms with E-state index in [2.05, 4.69) is 27.3 Å². The molecule has 1 amide bonds. The lowest BCUT2D eigenvalue weighted by Gasteiger charge is -2.43. The number of hydrogen-bond acceptors (Lipinski definition) is 4. The molecule has 6 rings (SSSR count). The number of amides is 1. The molecule has 0 radical (unpaired) electrons. The quantitative estimate of drug-likeness (QED) is 0.585. The molecule has 0 aliphatic carbocycles. The molecule has 0 saturated carbocycles. The van der Waals surface area contributed by atoms with E-state index in [1.165, 1.54) is 0 Å². The number of ether oxygens (including phenoxy) is 1. The predicted molar refractivity (Wildman–Crippen MR) is 114 cm³/mol. The Balaban J connectivity index is 1.56. The summed E-state index contributed by atoms with van der Waals surface area (Å²) in [6.45, 7) is 0. The lowest BCUT2D eigenvalue weighted by molar-refractivity contribution is -0.161. The normalized spacial score (nSPS) is 23.8. The van der Waals surface area contributed by atoms with Gasteiger partial charge in [-0.1, -0.05) is 64.5 Å². The zero-order chi connectivity index (χ0) is 19.6. The first kappa shape index (κ1) is 16.8. The van der Waals surface area contributed by atoms with Crippen molar-refractivity contribution in [1.29, 1.82) is 0 Å². The van der Waals surface area contributed by atoms with Crippen molar-refractivity contribution in [1.82, 2.24) is 5.01 Å². The number of halogens is 1. The van der Waals surface area contributed by atoms with Crippen molar-refractivity contribution in [3.8, 4) is 5.75 Å². The minimum absolute atomic E-state index is 0.0736. The third kappa shape index (κ3) is 2.26. The van der Waals surface area contributed by atoms with E-state index in [9.17, 15) is 4.79 Å². The zero-order valence-corrected chi connectivity index (χ0v) is 16.9. The molecule has 0 bridgehead atoms. The molecule has 142 valence electrons. The van der Waals surface area contributed by atoms with Gasteiger partial charge in [-0.15, -0.1) is 0 Å². The van der Waals surface area contributed by atoms with Crippen LogP contribution in [-0.4, -0.2) is 16.6 Å². The van der Waals surface area contributed by atoms with E-state index in [0.29, 0.717) is 6.42 Å². The SMILES string of the molecule is O=C1Nc2ccccc2[C@]12Oc1ccccc1C1CC(c3ccc(Br)cc3)=NN12. The molecular weight excluding hydrogens is 430 g/mol. The number of rotatable bonds is 1. The Kier molecular flexibility index (Phi) is 3.44. The van der Waals surface area contributed by atoms with Gasteiger partial charge in [0.2, 0.25) is 0 Å². The Morgan fingerprint density at radius 3 is 2.66 bits per heavy atom. The third-order valence-corrected chi connectivity index (χ3v) is 6.32. The van der Waals surface area contributed by atoms with Gasteiger partial charge in [0.05, 0.1) is 23.0 Å². The second-order valence-electron chi connectivity index (χ2n) is 7.40. The summed E-state index contributed by atoms with van der Waals surface area (Å²) >= 11 is 3.49. The van der Waals surface area contributed by atoms with Crippen LogP contribution in [-0.2, 0) is 10.5 Å². The first-order chi connectivity index (χ1) is 14.2. The molecule has 3 aromatic rings. The molecule has 29 heavy (non-hydrogen) atoms. The fraction of sp³-hybridized carbons (Fsp3) is 0.130. The van der Waals surface area contributed by atoms with E-state index in [-0.39, 0.29) is 11.9 Å². The van der Waals surface area contributed by atoms with Crippen LogP contribution in [0, 0.1) is 0 Å². The van der Waals surface area contributed by atoms with Crippen molar-refractivity contribution >= 4 is 33.2 Å². The van der Waals surface area contributed by atoms with E-state index < -0.39 is 5.72 Å². The average molecular weight is 446 g/mol. The average Bonchev–Trinajstić information content (AvgIpc) is 3.30. The molecule has 0 fully saturated rings. The molecule has 1 N–H and O–H groups in total. The van der Waals surface area contributed by atoms with Gasteiger partial charge in [-0.3, -0.25) is 4.79 Å². The Labute approximate surface area is 176 Å². The first-order valence-corrected chi connectivity index (χ1v) is 10.3. The zero-order valence-electron chi connectivity index (χ0n) is 15.3. The van der Waals surface area contributed by atoms with Crippen LogP contribution in [0.2, 0.25) is 0 Å². The standard InChI is InChI=1S/C23H16BrN3O2/c24-15-11-9-14(10-12-15)19-13-20-16-5-1-4-8-21(16)29-23(27(20)26-19)17-6-2-3-7-18(17)25-22(23)28/h1-12,20H,13H2,(H,25,28)/t20?,23-/m0/s1. The molecule has 3 aliphatic rings. The molecular formula is C23H16BrN3O2. The lowest BCUT2D eigenvalue weighted by Crippen LogP contribution is -2.55. The highest BCUT2D eigenvalue weighted by atomic mass is 79.9. The van der Waals surface area contributed by atoms with Crippen LogP contribution in [0.5, 0.6) is 5.75 Å². The van der Waals surface area contributed by atoms with Crippen LogP contribution >= 0.6 is 15.9 Å². The number of benzene rings is 3. The third-order valence-electron chi connectivity index (χ3n) is 5.79. The number of nitrogens with one attached hydrogen (secondary N) is 1. The summed E-state index contributed by atoms with van der Waals surface area (Å²) in [7, 11) is 0. The number of fused-ring (bicyclic) bond motifs is 6. The number of para-hydroxylation sites is 2. The van der Waals surface area contributed by atoms with E-state index in [0.717, 1.165) is 38.3 Å². The highest BCUT2D eigenvalue weighted by Gasteiger charge is 2.60. The van der Waals surface area contributed by atoms with Crippen molar-refractivity contribution in [3.63, 3.8) is 0 Å². The van der Waals surface area contributed by atoms with Gasteiger partial charge in [0.25, 0.3) is 5.91 Å². The van der Waals surface area contributed by atoms with Crippen LogP contribution in [0.3, 0.4) is 0 Å². The summed E-state index contributed by atoms with van der Waals surface area (Å²) in [5.74, 6) is 0.520. The predicted octanol–water partition coefficient (Wildman–Crippen LogP) is 4.80. The number of carbonyl (C=O) groups is 1. The van der Waals surface area contributed by atoms with E-state index in [1.54, 1.807) is 0 Å². The molecule has 0 saturated heterocycles. The molecule has 0 aromatic heterocycles. The molecule has 3 heterocycles. The maximum Gasteiger partial charge on any atom is 0.306 e. The molecule has 5 nitrogen and oxygen atoms in total. The molecule has 1 spiro atoms. The number of nitrogens with zero attached hydrogens (tertiary/aromatic N) is 2. The van der Waals surface area contributed by atoms with Gasteiger partial charge in [0, 0.05) is 16.5 Å². The summed E-state index contributed by atoms with van der Waals surface area (Å²) in [6.07, 6.45) is 0.708. The Hall–Kier alpha value is -3.12. The summed E-state index contributed by atoms with van der Waals surface area (Å²) in [5.41, 5.74) is 3.30. The van der Waals surface area contributed by atoms with Gasteiger partial charge in [0.1, 0.15) is 5.75 Å². The van der Waals surface area contributed by atoms with Crippen molar-refractivity contribution in [3.05, 3.63) is 94.0 Å². The summed E-state index contributed by atoms with van der Waals surface area (Å²) in [6, 6.07) is 23.6. The molecule has 3 aromatic carbocycles. The molecule has 2 atom stereocenters. The monoisotopic (exact) mass is 445 g/mol. The number of carbonyl (C=O) groups excluding carboxylic acids is 1. The van der Waals surface area contributed by atoms with Crippen LogP contribution < -0.4 is 10.1 Å². The summed E-state index contributed by atoms with van der Waals surface area (Å²) in [5, 5.41) is 9.78. The van der Waals surface area contributed by atoms with Crippen LogP contribution in [0.1, 0.15) is 29.2 Å². The maximum atomic E-state index is 13.3. The molecule has 1 unspecified atom stereocenters. The van der Waals surface area contributed by atoms with Gasteiger partial charge in [-0.25, -0.2) is 5.01 Å². The smallest absolute Gasteiger partial charge is 0.306 e.